The number of nitrogens with two attached hydrogens (primary N) is 2. The van der Waals surface area contributed by atoms with Crippen LogP contribution in [0.25, 0.3) is 0 Å². The van der Waals surface area contributed by atoms with Gasteiger partial charge in [-0.3, -0.25) is 19.2 Å². The molecule has 10 N–H and O–H groups in total. The van der Waals surface area contributed by atoms with Gasteiger partial charge in [0.1, 0.15) is 12.1 Å². The Morgan fingerprint density at radius 1 is 1.09 bits per heavy atom. The number of amides is 4. The van der Waals surface area contributed by atoms with E-state index in [-0.39, 0.29) is 19.3 Å². The van der Waals surface area contributed by atoms with Crippen LogP contribution in [0.4, 0.5) is 0 Å². The van der Waals surface area contributed by atoms with Crippen LogP contribution in [0.5, 0.6) is 0 Å². The van der Waals surface area contributed by atoms with Gasteiger partial charge < -0.3 is 42.6 Å². The summed E-state index contributed by atoms with van der Waals surface area (Å²) in [5.41, 5.74) is 11.1. The van der Waals surface area contributed by atoms with Gasteiger partial charge in [-0.15, -0.1) is 0 Å². The molecule has 0 saturated carbocycles. The number of carboxylic acid groups (broad SMARTS) is 1. The van der Waals surface area contributed by atoms with Gasteiger partial charge in [0.2, 0.25) is 23.6 Å². The standard InChI is InChI=1S/C18H29N7O7/c1-8(23-16(29)11(19)3-4-13(20)27)15(28)24-12(5-10-6-21-7-22-10)17(30)25-14(9(2)26)18(31)32/h6-9,11-12,14,26H,3-5,19H2,1-2H3,(H2,20,27)(H,21,22)(H,23,29)(H,24,28)(H,25,30)(H,31,32). The number of nitrogens with zero attached hydrogens (tertiary/aromatic N) is 1. The van der Waals surface area contributed by atoms with E-state index in [1.54, 1.807) is 0 Å². The van der Waals surface area contributed by atoms with Gasteiger partial charge in [-0.2, -0.15) is 0 Å². The van der Waals surface area contributed by atoms with Gasteiger partial charge in [-0.1, -0.05) is 0 Å². The van der Waals surface area contributed by atoms with Crippen LogP contribution >= 0.6 is 0 Å². The Morgan fingerprint density at radius 2 is 1.75 bits per heavy atom. The molecule has 0 aliphatic rings. The number of carbonyl (C=O) groups is 5. The molecule has 14 heteroatoms. The maximum absolute atomic E-state index is 12.6. The molecular formula is C18H29N7O7. The van der Waals surface area contributed by atoms with E-state index in [1.165, 1.54) is 26.4 Å². The summed E-state index contributed by atoms with van der Waals surface area (Å²) in [6, 6.07) is -5.01. The van der Waals surface area contributed by atoms with Crippen molar-refractivity contribution >= 4 is 29.6 Å². The Kier molecular flexibility index (Phi) is 10.2. The van der Waals surface area contributed by atoms with Crippen LogP contribution in [0, 0.1) is 0 Å². The van der Waals surface area contributed by atoms with Crippen LogP contribution in [0.1, 0.15) is 32.4 Å². The van der Waals surface area contributed by atoms with Crippen LogP contribution in [-0.2, 0) is 30.4 Å². The molecule has 14 nitrogen and oxygen atoms in total. The molecule has 5 atom stereocenters. The molecule has 1 aromatic rings. The molecule has 5 unspecified atom stereocenters. The van der Waals surface area contributed by atoms with E-state index in [1.807, 2.05) is 0 Å². The van der Waals surface area contributed by atoms with E-state index in [4.69, 9.17) is 16.6 Å². The van der Waals surface area contributed by atoms with Crippen molar-refractivity contribution in [2.75, 3.05) is 0 Å². The molecule has 32 heavy (non-hydrogen) atoms. The highest BCUT2D eigenvalue weighted by atomic mass is 16.4. The number of hydrogen-bond donors (Lipinski definition) is 8. The van der Waals surface area contributed by atoms with Gasteiger partial charge >= 0.3 is 5.97 Å². The molecule has 4 amide bonds. The second kappa shape index (κ2) is 12.4. The number of aliphatic carboxylic acids is 1. The zero-order valence-electron chi connectivity index (χ0n) is 17.7. The van der Waals surface area contributed by atoms with E-state index in [9.17, 15) is 29.1 Å². The lowest BCUT2D eigenvalue weighted by Gasteiger charge is -2.24. The highest BCUT2D eigenvalue weighted by Crippen LogP contribution is 2.03. The number of rotatable bonds is 13. The first-order valence-electron chi connectivity index (χ1n) is 9.75. The van der Waals surface area contributed by atoms with Crippen molar-refractivity contribution in [3.63, 3.8) is 0 Å². The fourth-order valence-electron chi connectivity index (χ4n) is 2.58. The third-order valence-corrected chi connectivity index (χ3v) is 4.45. The SMILES string of the molecule is CC(NC(=O)C(N)CCC(N)=O)C(=O)NC(Cc1cnc[nH]1)C(=O)NC(C(=O)O)C(C)O. The van der Waals surface area contributed by atoms with Crippen molar-refractivity contribution in [2.45, 2.75) is 63.4 Å². The van der Waals surface area contributed by atoms with Crippen LogP contribution in [0.15, 0.2) is 12.5 Å². The van der Waals surface area contributed by atoms with Gasteiger partial charge in [-0.05, 0) is 20.3 Å². The van der Waals surface area contributed by atoms with E-state index >= 15 is 0 Å². The summed E-state index contributed by atoms with van der Waals surface area (Å²) in [4.78, 5) is 65.9. The molecule has 0 saturated heterocycles. The predicted molar refractivity (Wildman–Crippen MR) is 109 cm³/mol. The van der Waals surface area contributed by atoms with Gasteiger partial charge in [0.05, 0.1) is 18.5 Å². The Bertz CT molecular complexity index is 813. The third-order valence-electron chi connectivity index (χ3n) is 4.45. The Morgan fingerprint density at radius 3 is 2.25 bits per heavy atom. The lowest BCUT2D eigenvalue weighted by Crippen LogP contribution is -2.58. The summed E-state index contributed by atoms with van der Waals surface area (Å²) >= 11 is 0. The summed E-state index contributed by atoms with van der Waals surface area (Å²) in [7, 11) is 0. The van der Waals surface area contributed by atoms with Crippen LogP contribution in [-0.4, -0.2) is 80.1 Å². The van der Waals surface area contributed by atoms with Crippen LogP contribution in [0.3, 0.4) is 0 Å². The number of primary amides is 1. The summed E-state index contributed by atoms with van der Waals surface area (Å²) < 4.78 is 0. The highest BCUT2D eigenvalue weighted by Gasteiger charge is 2.31. The Labute approximate surface area is 183 Å². The first-order chi connectivity index (χ1) is 14.9. The number of carboxylic acids is 1. The maximum Gasteiger partial charge on any atom is 0.328 e. The number of nitrogens with one attached hydrogen (secondary N) is 4. The first-order valence-corrected chi connectivity index (χ1v) is 9.75. The number of aromatic amines is 1. The summed E-state index contributed by atoms with van der Waals surface area (Å²) in [6.45, 7) is 2.55. The minimum atomic E-state index is -1.59. The van der Waals surface area contributed by atoms with E-state index in [0.717, 1.165) is 0 Å². The molecular weight excluding hydrogens is 426 g/mol. The molecule has 0 aromatic carbocycles. The van der Waals surface area contributed by atoms with Gasteiger partial charge in [0.15, 0.2) is 6.04 Å². The minimum absolute atomic E-state index is 0.00369. The molecule has 0 fully saturated rings. The number of hydrogen-bond acceptors (Lipinski definition) is 8. The largest absolute Gasteiger partial charge is 0.480 e. The van der Waals surface area contributed by atoms with Gasteiger partial charge in [-0.25, -0.2) is 9.78 Å². The third kappa shape index (κ3) is 8.69. The molecule has 1 heterocycles. The lowest BCUT2D eigenvalue weighted by atomic mass is 10.1. The van der Waals surface area contributed by atoms with Crippen molar-refractivity contribution < 1.29 is 34.2 Å². The van der Waals surface area contributed by atoms with Gasteiger partial charge in [0, 0.05) is 24.7 Å². The maximum atomic E-state index is 12.6. The van der Waals surface area contributed by atoms with Crippen molar-refractivity contribution in [1.82, 2.24) is 25.9 Å². The van der Waals surface area contributed by atoms with Crippen molar-refractivity contribution in [1.29, 1.82) is 0 Å². The van der Waals surface area contributed by atoms with Crippen LogP contribution in [0.2, 0.25) is 0 Å². The Hall–Kier alpha value is -3.52. The highest BCUT2D eigenvalue weighted by molar-refractivity contribution is 5.94. The molecule has 0 bridgehead atoms. The predicted octanol–water partition coefficient (Wildman–Crippen LogP) is -3.52. The average Bonchev–Trinajstić information content (AvgIpc) is 3.21. The van der Waals surface area contributed by atoms with E-state index in [0.29, 0.717) is 5.69 Å². The zero-order chi connectivity index (χ0) is 24.4. The second-order valence-corrected chi connectivity index (χ2v) is 7.25. The van der Waals surface area contributed by atoms with Gasteiger partial charge in [0.25, 0.3) is 0 Å². The Balaban J connectivity index is 2.83. The topological polar surface area (TPSA) is 243 Å². The number of aliphatic hydroxyl groups is 1. The summed E-state index contributed by atoms with van der Waals surface area (Å²) in [5, 5.41) is 25.7. The fourth-order valence-corrected chi connectivity index (χ4v) is 2.58. The van der Waals surface area contributed by atoms with Crippen molar-refractivity contribution in [2.24, 2.45) is 11.5 Å². The number of aromatic nitrogens is 2. The zero-order valence-corrected chi connectivity index (χ0v) is 17.7. The molecule has 0 radical (unpaired) electrons. The summed E-state index contributed by atoms with van der Waals surface area (Å²) in [5.74, 6) is -4.38. The molecule has 0 aliphatic carbocycles. The smallest absolute Gasteiger partial charge is 0.328 e. The normalized spacial score (nSPS) is 15.5. The monoisotopic (exact) mass is 455 g/mol. The number of carbonyl (C=O) groups excluding carboxylic acids is 4. The molecule has 0 spiro atoms. The number of aliphatic hydroxyl groups excluding tert-OH is 1. The molecule has 1 rings (SSSR count). The fraction of sp³-hybridized carbons (Fsp3) is 0.556. The number of imidazole rings is 1. The molecule has 0 aliphatic heterocycles. The lowest BCUT2D eigenvalue weighted by molar-refractivity contribution is -0.145. The minimum Gasteiger partial charge on any atom is -0.480 e. The summed E-state index contributed by atoms with van der Waals surface area (Å²) in [6.07, 6.45) is 1.21. The average molecular weight is 455 g/mol. The quantitative estimate of drug-likeness (QED) is 0.147. The van der Waals surface area contributed by atoms with Crippen molar-refractivity contribution in [3.8, 4) is 0 Å². The van der Waals surface area contributed by atoms with E-state index < -0.39 is 59.9 Å². The molecule has 178 valence electrons. The second-order valence-electron chi connectivity index (χ2n) is 7.25. The van der Waals surface area contributed by atoms with E-state index in [2.05, 4.69) is 25.9 Å². The first kappa shape index (κ1) is 26.5. The number of H-pyrrole nitrogens is 1. The molecule has 1 aromatic heterocycles. The van der Waals surface area contributed by atoms with Crippen molar-refractivity contribution in [3.05, 3.63) is 18.2 Å². The van der Waals surface area contributed by atoms with Crippen LogP contribution < -0.4 is 27.4 Å².